The van der Waals surface area contributed by atoms with Gasteiger partial charge >= 0.3 is 0 Å². The van der Waals surface area contributed by atoms with E-state index in [9.17, 15) is 10.1 Å². The third-order valence-electron chi connectivity index (χ3n) is 2.67. The molecule has 0 unspecified atom stereocenters. The molecule has 90 valence electrons. The van der Waals surface area contributed by atoms with Gasteiger partial charge in [0, 0.05) is 25.3 Å². The molecule has 17 heavy (non-hydrogen) atoms. The summed E-state index contributed by atoms with van der Waals surface area (Å²) in [5, 5.41) is 19.5. The lowest BCUT2D eigenvalue weighted by Gasteiger charge is -2.04. The molecular weight excluding hydrogens is 222 g/mol. The van der Waals surface area contributed by atoms with E-state index >= 15 is 0 Å². The second kappa shape index (κ2) is 4.50. The van der Waals surface area contributed by atoms with Gasteiger partial charge in [-0.2, -0.15) is 0 Å². The molecule has 6 heteroatoms. The number of fused-ring (bicyclic) bond motifs is 1. The van der Waals surface area contributed by atoms with Gasteiger partial charge in [-0.3, -0.25) is 10.1 Å². The quantitative estimate of drug-likeness (QED) is 0.645. The van der Waals surface area contributed by atoms with Crippen LogP contribution < -0.4 is 0 Å². The van der Waals surface area contributed by atoms with Gasteiger partial charge in [-0.05, 0) is 19.4 Å². The van der Waals surface area contributed by atoms with Crippen LogP contribution in [-0.4, -0.2) is 26.2 Å². The van der Waals surface area contributed by atoms with Crippen LogP contribution in [-0.2, 0) is 6.54 Å². The molecule has 1 heterocycles. The fourth-order valence-electron chi connectivity index (χ4n) is 1.86. The van der Waals surface area contributed by atoms with Crippen LogP contribution >= 0.6 is 0 Å². The number of aromatic nitrogens is 2. The van der Waals surface area contributed by atoms with Gasteiger partial charge in [0.1, 0.15) is 5.82 Å². The van der Waals surface area contributed by atoms with Crippen LogP contribution in [0.15, 0.2) is 18.2 Å². The van der Waals surface area contributed by atoms with Crippen LogP contribution in [0.5, 0.6) is 0 Å². The standard InChI is InChI=1S/C11H13N3O3/c1-8-12-10-7-9(14(16)17)3-4-11(10)13(8)5-2-6-15/h3-4,7,15H,2,5-6H2,1H3. The van der Waals surface area contributed by atoms with E-state index in [2.05, 4.69) is 4.98 Å². The predicted molar refractivity (Wildman–Crippen MR) is 62.8 cm³/mol. The minimum Gasteiger partial charge on any atom is -0.396 e. The van der Waals surface area contributed by atoms with Crippen molar-refractivity contribution >= 4 is 16.7 Å². The Morgan fingerprint density at radius 2 is 2.29 bits per heavy atom. The van der Waals surface area contributed by atoms with Crippen LogP contribution in [0.2, 0.25) is 0 Å². The molecule has 0 amide bonds. The molecule has 0 bridgehead atoms. The van der Waals surface area contributed by atoms with Crippen LogP contribution in [0.3, 0.4) is 0 Å². The molecular formula is C11H13N3O3. The first-order valence-electron chi connectivity index (χ1n) is 5.35. The molecule has 0 aliphatic heterocycles. The molecule has 1 N–H and O–H groups in total. The van der Waals surface area contributed by atoms with Crippen LogP contribution in [0.25, 0.3) is 11.0 Å². The number of nitrogens with zero attached hydrogens (tertiary/aromatic N) is 3. The Hall–Kier alpha value is -1.95. The van der Waals surface area contributed by atoms with Gasteiger partial charge in [0.15, 0.2) is 0 Å². The number of nitro benzene ring substituents is 1. The van der Waals surface area contributed by atoms with Crippen molar-refractivity contribution in [3.8, 4) is 0 Å². The Balaban J connectivity index is 2.48. The van der Waals surface area contributed by atoms with Crippen molar-refractivity contribution in [1.82, 2.24) is 9.55 Å². The lowest BCUT2D eigenvalue weighted by molar-refractivity contribution is -0.384. The fourth-order valence-corrected chi connectivity index (χ4v) is 1.86. The normalized spacial score (nSPS) is 10.9. The van der Waals surface area contributed by atoms with E-state index in [1.807, 2.05) is 11.5 Å². The summed E-state index contributed by atoms with van der Waals surface area (Å²) in [5.41, 5.74) is 1.53. The topological polar surface area (TPSA) is 81.2 Å². The molecule has 1 aromatic carbocycles. The number of imidazole rings is 1. The molecule has 0 saturated carbocycles. The number of hydrogen-bond donors (Lipinski definition) is 1. The molecule has 1 aromatic heterocycles. The van der Waals surface area contributed by atoms with E-state index in [-0.39, 0.29) is 12.3 Å². The number of non-ortho nitro benzene ring substituents is 1. The molecule has 0 aliphatic carbocycles. The highest BCUT2D eigenvalue weighted by Crippen LogP contribution is 2.21. The molecule has 0 radical (unpaired) electrons. The summed E-state index contributed by atoms with van der Waals surface area (Å²) in [6, 6.07) is 4.64. The molecule has 6 nitrogen and oxygen atoms in total. The van der Waals surface area contributed by atoms with Gasteiger partial charge < -0.3 is 9.67 Å². The minimum atomic E-state index is -0.429. The van der Waals surface area contributed by atoms with Crippen molar-refractivity contribution in [2.24, 2.45) is 0 Å². The Morgan fingerprint density at radius 1 is 1.53 bits per heavy atom. The van der Waals surface area contributed by atoms with Gasteiger partial charge in [0.2, 0.25) is 0 Å². The molecule has 2 rings (SSSR count). The maximum atomic E-state index is 10.6. The highest BCUT2D eigenvalue weighted by Gasteiger charge is 2.11. The summed E-state index contributed by atoms with van der Waals surface area (Å²) in [4.78, 5) is 14.5. The van der Waals surface area contributed by atoms with Crippen molar-refractivity contribution in [2.75, 3.05) is 6.61 Å². The summed E-state index contributed by atoms with van der Waals surface area (Å²) in [6.45, 7) is 2.63. The largest absolute Gasteiger partial charge is 0.396 e. The van der Waals surface area contributed by atoms with Crippen molar-refractivity contribution in [1.29, 1.82) is 0 Å². The average Bonchev–Trinajstić information content (AvgIpc) is 2.61. The molecule has 0 saturated heterocycles. The van der Waals surface area contributed by atoms with E-state index in [4.69, 9.17) is 5.11 Å². The first-order valence-corrected chi connectivity index (χ1v) is 5.35. The minimum absolute atomic E-state index is 0.0457. The number of benzene rings is 1. The smallest absolute Gasteiger partial charge is 0.271 e. The van der Waals surface area contributed by atoms with Crippen molar-refractivity contribution < 1.29 is 10.0 Å². The van der Waals surface area contributed by atoms with Crippen molar-refractivity contribution in [3.63, 3.8) is 0 Å². The van der Waals surface area contributed by atoms with Crippen LogP contribution in [0.1, 0.15) is 12.2 Å². The lowest BCUT2D eigenvalue weighted by atomic mass is 10.3. The Bertz CT molecular complexity index is 562. The first-order chi connectivity index (χ1) is 8.13. The van der Waals surface area contributed by atoms with Gasteiger partial charge in [-0.25, -0.2) is 4.98 Å². The SMILES string of the molecule is Cc1nc2cc([N+](=O)[O-])ccc2n1CCCO. The van der Waals surface area contributed by atoms with E-state index in [1.54, 1.807) is 6.07 Å². The Labute approximate surface area is 97.7 Å². The molecule has 0 spiro atoms. The zero-order valence-electron chi connectivity index (χ0n) is 9.46. The van der Waals surface area contributed by atoms with Crippen LogP contribution in [0.4, 0.5) is 5.69 Å². The second-order valence-corrected chi connectivity index (χ2v) is 3.82. The predicted octanol–water partition coefficient (Wildman–Crippen LogP) is 1.64. The van der Waals surface area contributed by atoms with Gasteiger partial charge in [-0.15, -0.1) is 0 Å². The van der Waals surface area contributed by atoms with Crippen molar-refractivity contribution in [3.05, 3.63) is 34.1 Å². The molecule has 0 aliphatic rings. The zero-order chi connectivity index (χ0) is 12.4. The summed E-state index contributed by atoms with van der Waals surface area (Å²) < 4.78 is 1.95. The average molecular weight is 235 g/mol. The van der Waals surface area contributed by atoms with Crippen molar-refractivity contribution in [2.45, 2.75) is 19.9 Å². The van der Waals surface area contributed by atoms with E-state index in [1.165, 1.54) is 12.1 Å². The monoisotopic (exact) mass is 235 g/mol. The maximum absolute atomic E-state index is 10.6. The fraction of sp³-hybridized carbons (Fsp3) is 0.364. The van der Waals surface area contributed by atoms with Gasteiger partial charge in [0.05, 0.1) is 16.0 Å². The maximum Gasteiger partial charge on any atom is 0.271 e. The van der Waals surface area contributed by atoms with Crippen LogP contribution in [0, 0.1) is 17.0 Å². The number of nitro groups is 1. The Kier molecular flexibility index (Phi) is 3.06. The second-order valence-electron chi connectivity index (χ2n) is 3.82. The number of aliphatic hydroxyl groups is 1. The summed E-state index contributed by atoms with van der Waals surface area (Å²) in [7, 11) is 0. The number of aliphatic hydroxyl groups excluding tert-OH is 1. The van der Waals surface area contributed by atoms with Gasteiger partial charge in [0.25, 0.3) is 5.69 Å². The summed E-state index contributed by atoms with van der Waals surface area (Å²) >= 11 is 0. The summed E-state index contributed by atoms with van der Waals surface area (Å²) in [5.74, 6) is 0.800. The van der Waals surface area contributed by atoms with E-state index in [0.29, 0.717) is 18.5 Å². The lowest BCUT2D eigenvalue weighted by Crippen LogP contribution is -2.02. The number of aryl methyl sites for hydroxylation is 2. The highest BCUT2D eigenvalue weighted by molar-refractivity contribution is 5.78. The molecule has 0 fully saturated rings. The highest BCUT2D eigenvalue weighted by atomic mass is 16.6. The van der Waals surface area contributed by atoms with E-state index < -0.39 is 4.92 Å². The molecule has 0 atom stereocenters. The number of hydrogen-bond acceptors (Lipinski definition) is 4. The third kappa shape index (κ3) is 2.12. The third-order valence-corrected chi connectivity index (χ3v) is 2.67. The summed E-state index contributed by atoms with van der Waals surface area (Å²) in [6.07, 6.45) is 0.642. The Morgan fingerprint density at radius 3 is 2.94 bits per heavy atom. The van der Waals surface area contributed by atoms with Gasteiger partial charge in [-0.1, -0.05) is 0 Å². The number of rotatable bonds is 4. The van der Waals surface area contributed by atoms with E-state index in [0.717, 1.165) is 11.3 Å². The molecule has 2 aromatic rings. The zero-order valence-corrected chi connectivity index (χ0v) is 9.46. The first kappa shape index (κ1) is 11.5.